The zero-order valence-electron chi connectivity index (χ0n) is 11.3. The van der Waals surface area contributed by atoms with E-state index >= 15 is 0 Å². The molecule has 0 saturated heterocycles. The quantitative estimate of drug-likeness (QED) is 0.876. The Labute approximate surface area is 115 Å². The van der Waals surface area contributed by atoms with Gasteiger partial charge in [-0.1, -0.05) is 0 Å². The minimum atomic E-state index is -4.72. The molecule has 4 nitrogen and oxygen atoms in total. The van der Waals surface area contributed by atoms with E-state index in [9.17, 15) is 18.0 Å². The van der Waals surface area contributed by atoms with E-state index < -0.39 is 11.9 Å². The maximum atomic E-state index is 12.0. The second-order valence-electron chi connectivity index (χ2n) is 5.11. The molecule has 20 heavy (non-hydrogen) atoms. The molecule has 0 heterocycles. The van der Waals surface area contributed by atoms with Crippen LogP contribution in [0.15, 0.2) is 24.3 Å². The number of ether oxygens (including phenoxy) is 1. The summed E-state index contributed by atoms with van der Waals surface area (Å²) in [6, 6.07) is 4.95. The number of nitrogens with two attached hydrogens (primary N) is 1. The standard InChI is InChI=1S/C13H17F3N2O2/c1-12(2,17)8-7-11(19)18-9-3-5-10(6-4-9)20-13(14,15)16/h3-6H,7-8,17H2,1-2H3,(H,18,19). The van der Waals surface area contributed by atoms with Gasteiger partial charge in [0.15, 0.2) is 0 Å². The highest BCUT2D eigenvalue weighted by atomic mass is 19.4. The SMILES string of the molecule is CC(C)(N)CCC(=O)Nc1ccc(OC(F)(F)F)cc1. The van der Waals surface area contributed by atoms with Gasteiger partial charge in [-0.25, -0.2) is 0 Å². The number of nitrogens with one attached hydrogen (secondary N) is 1. The molecule has 1 rings (SSSR count). The van der Waals surface area contributed by atoms with Crippen LogP contribution in [-0.2, 0) is 4.79 Å². The second kappa shape index (κ2) is 6.13. The first-order valence-electron chi connectivity index (χ1n) is 6.00. The number of anilines is 1. The van der Waals surface area contributed by atoms with E-state index in [-0.39, 0.29) is 18.1 Å². The second-order valence-corrected chi connectivity index (χ2v) is 5.11. The Morgan fingerprint density at radius 3 is 2.25 bits per heavy atom. The van der Waals surface area contributed by atoms with E-state index in [1.807, 2.05) is 13.8 Å². The van der Waals surface area contributed by atoms with Crippen LogP contribution in [-0.4, -0.2) is 17.8 Å². The van der Waals surface area contributed by atoms with Crippen LogP contribution in [0.1, 0.15) is 26.7 Å². The monoisotopic (exact) mass is 290 g/mol. The number of alkyl halides is 3. The Bertz CT molecular complexity index is 450. The molecule has 7 heteroatoms. The highest BCUT2D eigenvalue weighted by Crippen LogP contribution is 2.24. The molecule has 0 aliphatic carbocycles. The Morgan fingerprint density at radius 1 is 1.25 bits per heavy atom. The van der Waals surface area contributed by atoms with Crippen molar-refractivity contribution < 1.29 is 22.7 Å². The molecule has 0 aliphatic rings. The largest absolute Gasteiger partial charge is 0.573 e. The summed E-state index contributed by atoms with van der Waals surface area (Å²) in [6.45, 7) is 3.62. The lowest BCUT2D eigenvalue weighted by atomic mass is 10.00. The molecule has 0 bridgehead atoms. The Hall–Kier alpha value is -1.76. The van der Waals surface area contributed by atoms with Crippen LogP contribution in [0.25, 0.3) is 0 Å². The normalized spacial score (nSPS) is 12.1. The zero-order valence-corrected chi connectivity index (χ0v) is 11.3. The summed E-state index contributed by atoms with van der Waals surface area (Å²) < 4.78 is 39.6. The van der Waals surface area contributed by atoms with Crippen molar-refractivity contribution >= 4 is 11.6 Å². The molecule has 0 fully saturated rings. The average Bonchev–Trinajstić information content (AvgIpc) is 2.26. The first-order chi connectivity index (χ1) is 9.05. The summed E-state index contributed by atoms with van der Waals surface area (Å²) in [5, 5.41) is 2.57. The van der Waals surface area contributed by atoms with Crippen LogP contribution in [0.4, 0.5) is 18.9 Å². The molecule has 0 unspecified atom stereocenters. The average molecular weight is 290 g/mol. The van der Waals surface area contributed by atoms with Gasteiger partial charge in [-0.2, -0.15) is 0 Å². The molecule has 0 aliphatic heterocycles. The number of hydrogen-bond donors (Lipinski definition) is 2. The topological polar surface area (TPSA) is 64.4 Å². The van der Waals surface area contributed by atoms with Crippen molar-refractivity contribution in [1.29, 1.82) is 0 Å². The van der Waals surface area contributed by atoms with Crippen molar-refractivity contribution in [3.8, 4) is 5.75 Å². The van der Waals surface area contributed by atoms with Gasteiger partial charge in [0.2, 0.25) is 5.91 Å². The summed E-state index contributed by atoms with van der Waals surface area (Å²) in [4.78, 5) is 11.6. The van der Waals surface area contributed by atoms with E-state index in [1.165, 1.54) is 12.1 Å². The third-order valence-electron chi connectivity index (χ3n) is 2.37. The molecular formula is C13H17F3N2O2. The van der Waals surface area contributed by atoms with Crippen LogP contribution in [0.3, 0.4) is 0 Å². The molecule has 1 aromatic rings. The fourth-order valence-electron chi connectivity index (χ4n) is 1.40. The molecule has 0 aromatic heterocycles. The Kier molecular flexibility index (Phi) is 4.99. The number of halogens is 3. The van der Waals surface area contributed by atoms with E-state index in [2.05, 4.69) is 10.1 Å². The molecule has 0 radical (unpaired) electrons. The molecular weight excluding hydrogens is 273 g/mol. The number of carbonyl (C=O) groups is 1. The van der Waals surface area contributed by atoms with Gasteiger partial charge >= 0.3 is 6.36 Å². The molecule has 0 spiro atoms. The van der Waals surface area contributed by atoms with Crippen LogP contribution < -0.4 is 15.8 Å². The van der Waals surface area contributed by atoms with Crippen LogP contribution in [0.5, 0.6) is 5.75 Å². The van der Waals surface area contributed by atoms with E-state index in [0.717, 1.165) is 12.1 Å². The van der Waals surface area contributed by atoms with Crippen LogP contribution >= 0.6 is 0 Å². The first-order valence-corrected chi connectivity index (χ1v) is 6.00. The Balaban J connectivity index is 2.51. The van der Waals surface area contributed by atoms with Crippen molar-refractivity contribution in [3.05, 3.63) is 24.3 Å². The highest BCUT2D eigenvalue weighted by molar-refractivity contribution is 5.90. The third kappa shape index (κ3) is 6.98. The fraction of sp³-hybridized carbons (Fsp3) is 0.462. The molecule has 0 atom stereocenters. The number of benzene rings is 1. The van der Waals surface area contributed by atoms with Crippen molar-refractivity contribution in [2.24, 2.45) is 5.73 Å². The predicted octanol–water partition coefficient (Wildman–Crippen LogP) is 3.04. The molecule has 1 amide bonds. The molecule has 1 aromatic carbocycles. The maximum Gasteiger partial charge on any atom is 0.573 e. The first kappa shape index (κ1) is 16.3. The summed E-state index contributed by atoms with van der Waals surface area (Å²) in [7, 11) is 0. The molecule has 0 saturated carbocycles. The highest BCUT2D eigenvalue weighted by Gasteiger charge is 2.30. The zero-order chi connectivity index (χ0) is 15.4. The van der Waals surface area contributed by atoms with Gasteiger partial charge in [0.1, 0.15) is 5.75 Å². The van der Waals surface area contributed by atoms with Crippen LogP contribution in [0, 0.1) is 0 Å². The Morgan fingerprint density at radius 2 is 1.80 bits per heavy atom. The fourth-order valence-corrected chi connectivity index (χ4v) is 1.40. The maximum absolute atomic E-state index is 12.0. The van der Waals surface area contributed by atoms with Gasteiger partial charge in [0.05, 0.1) is 0 Å². The lowest BCUT2D eigenvalue weighted by Crippen LogP contribution is -2.33. The number of hydrogen-bond acceptors (Lipinski definition) is 3. The van der Waals surface area contributed by atoms with Gasteiger partial charge in [-0.05, 0) is 44.5 Å². The van der Waals surface area contributed by atoms with Gasteiger partial charge < -0.3 is 15.8 Å². The predicted molar refractivity (Wildman–Crippen MR) is 69.3 cm³/mol. The lowest BCUT2D eigenvalue weighted by Gasteiger charge is -2.17. The smallest absolute Gasteiger partial charge is 0.406 e. The van der Waals surface area contributed by atoms with Gasteiger partial charge in [0, 0.05) is 17.6 Å². The molecule has 112 valence electrons. The van der Waals surface area contributed by atoms with E-state index in [0.29, 0.717) is 12.1 Å². The minimum Gasteiger partial charge on any atom is -0.406 e. The lowest BCUT2D eigenvalue weighted by molar-refractivity contribution is -0.274. The summed E-state index contributed by atoms with van der Waals surface area (Å²) in [5.41, 5.74) is 5.71. The van der Waals surface area contributed by atoms with Gasteiger partial charge in [0.25, 0.3) is 0 Å². The molecule has 3 N–H and O–H groups in total. The van der Waals surface area contributed by atoms with E-state index in [4.69, 9.17) is 5.73 Å². The van der Waals surface area contributed by atoms with Crippen LogP contribution in [0.2, 0.25) is 0 Å². The van der Waals surface area contributed by atoms with Crippen molar-refractivity contribution in [1.82, 2.24) is 0 Å². The summed E-state index contributed by atoms with van der Waals surface area (Å²) >= 11 is 0. The summed E-state index contributed by atoms with van der Waals surface area (Å²) in [6.07, 6.45) is -3.98. The number of carbonyl (C=O) groups excluding carboxylic acids is 1. The number of amides is 1. The van der Waals surface area contributed by atoms with Gasteiger partial charge in [-0.15, -0.1) is 13.2 Å². The van der Waals surface area contributed by atoms with E-state index in [1.54, 1.807) is 0 Å². The number of rotatable bonds is 5. The van der Waals surface area contributed by atoms with Crippen molar-refractivity contribution in [2.45, 2.75) is 38.6 Å². The third-order valence-corrected chi connectivity index (χ3v) is 2.37. The van der Waals surface area contributed by atoms with Crippen molar-refractivity contribution in [2.75, 3.05) is 5.32 Å². The summed E-state index contributed by atoms with van der Waals surface area (Å²) in [5.74, 6) is -0.577. The van der Waals surface area contributed by atoms with Gasteiger partial charge in [-0.3, -0.25) is 4.79 Å². The van der Waals surface area contributed by atoms with Crippen molar-refractivity contribution in [3.63, 3.8) is 0 Å². The minimum absolute atomic E-state index is 0.240.